The van der Waals surface area contributed by atoms with E-state index >= 15 is 0 Å². The molecule has 1 aromatic carbocycles. The number of methoxy groups -OCH3 is 1. The summed E-state index contributed by atoms with van der Waals surface area (Å²) in [7, 11) is 1.42. The van der Waals surface area contributed by atoms with Gasteiger partial charge in [0.15, 0.2) is 0 Å². The van der Waals surface area contributed by atoms with Gasteiger partial charge >= 0.3 is 5.97 Å². The first-order valence-corrected chi connectivity index (χ1v) is 12.9. The van der Waals surface area contributed by atoms with Gasteiger partial charge in [-0.1, -0.05) is 72.5 Å². The first kappa shape index (κ1) is 24.2. The topological polar surface area (TPSA) is 46.5 Å². The number of rotatable bonds is 11. The number of benzene rings is 1. The predicted octanol–water partition coefficient (Wildman–Crippen LogP) is 7.55. The molecule has 3 nitrogen and oxygen atoms in total. The molecule has 1 N–H and O–H groups in total. The Morgan fingerprint density at radius 1 is 1.19 bits per heavy atom. The number of aliphatic hydroxyl groups is 1. The van der Waals surface area contributed by atoms with Crippen LogP contribution in [0.5, 0.6) is 0 Å². The molecule has 0 saturated carbocycles. The summed E-state index contributed by atoms with van der Waals surface area (Å²) >= 11 is 5.33. The van der Waals surface area contributed by atoms with Gasteiger partial charge < -0.3 is 9.84 Å². The molecule has 0 bridgehead atoms. The zero-order valence-electron chi connectivity index (χ0n) is 18.5. The largest absolute Gasteiger partial charge is 0.465 e. The number of halogens is 1. The van der Waals surface area contributed by atoms with Crippen LogP contribution in [-0.4, -0.2) is 18.2 Å². The molecule has 1 aliphatic rings. The van der Waals surface area contributed by atoms with Crippen LogP contribution in [0.25, 0.3) is 0 Å². The molecule has 1 unspecified atom stereocenters. The van der Waals surface area contributed by atoms with Gasteiger partial charge in [-0.3, -0.25) is 0 Å². The smallest absolute Gasteiger partial charge is 0.348 e. The third kappa shape index (κ3) is 6.53. The van der Waals surface area contributed by atoms with Crippen LogP contribution in [0.4, 0.5) is 0 Å². The van der Waals surface area contributed by atoms with Crippen LogP contribution in [0.1, 0.15) is 89.6 Å². The minimum absolute atomic E-state index is 0.251. The summed E-state index contributed by atoms with van der Waals surface area (Å²) in [6.07, 6.45) is 10.5. The molecule has 0 saturated heterocycles. The number of carbonyl (C=O) groups excluding carboxylic acids is 1. The quantitative estimate of drug-likeness (QED) is 0.253. The van der Waals surface area contributed by atoms with E-state index in [9.17, 15) is 9.90 Å². The van der Waals surface area contributed by atoms with E-state index < -0.39 is 0 Å². The SMILES string of the molecule is CCCCCC(O)c1ccc([C@H]2C(Br)=CC[C@@H]2CCCc2ccc(C(=O)OC)s2)cc1. The number of aryl methyl sites for hydroxylation is 1. The molecule has 1 aromatic heterocycles. The summed E-state index contributed by atoms with van der Waals surface area (Å²) < 4.78 is 6.08. The highest BCUT2D eigenvalue weighted by atomic mass is 79.9. The Hall–Kier alpha value is -1.43. The average Bonchev–Trinajstić information content (AvgIpc) is 3.40. The number of hydrogen-bond acceptors (Lipinski definition) is 4. The number of carbonyl (C=O) groups is 1. The minimum atomic E-state index is -0.361. The molecule has 168 valence electrons. The lowest BCUT2D eigenvalue weighted by Gasteiger charge is -2.22. The molecular weight excluding hydrogens is 472 g/mol. The van der Waals surface area contributed by atoms with Crippen LogP contribution in [-0.2, 0) is 11.2 Å². The van der Waals surface area contributed by atoms with Crippen molar-refractivity contribution in [3.05, 3.63) is 67.8 Å². The molecule has 0 amide bonds. The Morgan fingerprint density at radius 2 is 1.97 bits per heavy atom. The molecule has 3 rings (SSSR count). The number of allylic oxidation sites excluding steroid dienone is 2. The van der Waals surface area contributed by atoms with E-state index in [1.54, 1.807) is 0 Å². The second-order valence-electron chi connectivity index (χ2n) is 8.39. The van der Waals surface area contributed by atoms with E-state index in [1.165, 1.54) is 46.2 Å². The van der Waals surface area contributed by atoms with Gasteiger partial charge in [-0.2, -0.15) is 0 Å². The number of thiophene rings is 1. The normalized spacial score (nSPS) is 19.3. The third-order valence-corrected chi connectivity index (χ3v) is 8.13. The van der Waals surface area contributed by atoms with E-state index in [0.29, 0.717) is 16.7 Å². The van der Waals surface area contributed by atoms with Crippen LogP contribution < -0.4 is 0 Å². The van der Waals surface area contributed by atoms with Crippen molar-refractivity contribution < 1.29 is 14.6 Å². The lowest BCUT2D eigenvalue weighted by Crippen LogP contribution is -2.09. The Kier molecular flexibility index (Phi) is 9.36. The van der Waals surface area contributed by atoms with Crippen molar-refractivity contribution in [2.24, 2.45) is 5.92 Å². The first-order chi connectivity index (χ1) is 15.0. The maximum atomic E-state index is 11.6. The van der Waals surface area contributed by atoms with Crippen LogP contribution >= 0.6 is 27.3 Å². The second kappa shape index (κ2) is 12.0. The maximum absolute atomic E-state index is 11.6. The Balaban J connectivity index is 1.55. The van der Waals surface area contributed by atoms with Crippen molar-refractivity contribution >= 4 is 33.2 Å². The lowest BCUT2D eigenvalue weighted by atomic mass is 9.84. The Labute approximate surface area is 198 Å². The number of aliphatic hydroxyl groups excluding tert-OH is 1. The van der Waals surface area contributed by atoms with E-state index in [2.05, 4.69) is 53.2 Å². The third-order valence-electron chi connectivity index (χ3n) is 6.19. The highest BCUT2D eigenvalue weighted by Crippen LogP contribution is 2.45. The lowest BCUT2D eigenvalue weighted by molar-refractivity contribution is 0.0606. The van der Waals surface area contributed by atoms with Crippen molar-refractivity contribution in [3.63, 3.8) is 0 Å². The summed E-state index contributed by atoms with van der Waals surface area (Å²) in [6, 6.07) is 12.5. The van der Waals surface area contributed by atoms with Gasteiger partial charge in [-0.05, 0) is 65.8 Å². The van der Waals surface area contributed by atoms with Crippen molar-refractivity contribution in [1.82, 2.24) is 0 Å². The molecule has 0 fully saturated rings. The van der Waals surface area contributed by atoms with Crippen LogP contribution in [0, 0.1) is 5.92 Å². The first-order valence-electron chi connectivity index (χ1n) is 11.3. The number of esters is 1. The van der Waals surface area contributed by atoms with Crippen LogP contribution in [0.15, 0.2) is 47.0 Å². The van der Waals surface area contributed by atoms with E-state index in [-0.39, 0.29) is 12.1 Å². The number of unbranched alkanes of at least 4 members (excludes halogenated alkanes) is 2. The summed E-state index contributed by atoms with van der Waals surface area (Å²) in [6.45, 7) is 2.19. The summed E-state index contributed by atoms with van der Waals surface area (Å²) in [5.74, 6) is 0.717. The summed E-state index contributed by atoms with van der Waals surface area (Å²) in [5, 5.41) is 10.4. The van der Waals surface area contributed by atoms with E-state index in [0.717, 1.165) is 44.1 Å². The van der Waals surface area contributed by atoms with E-state index in [4.69, 9.17) is 4.74 Å². The number of ether oxygens (including phenoxy) is 1. The van der Waals surface area contributed by atoms with Gasteiger partial charge in [-0.25, -0.2) is 4.79 Å². The molecule has 1 aliphatic carbocycles. The van der Waals surface area contributed by atoms with Gasteiger partial charge in [0, 0.05) is 10.8 Å². The molecule has 3 atom stereocenters. The minimum Gasteiger partial charge on any atom is -0.465 e. The van der Waals surface area contributed by atoms with Gasteiger partial charge in [0.25, 0.3) is 0 Å². The molecular formula is C26H33BrO3S. The van der Waals surface area contributed by atoms with Crippen LogP contribution in [0.3, 0.4) is 0 Å². The van der Waals surface area contributed by atoms with Gasteiger partial charge in [0.2, 0.25) is 0 Å². The highest BCUT2D eigenvalue weighted by molar-refractivity contribution is 9.11. The summed E-state index contributed by atoms with van der Waals surface area (Å²) in [4.78, 5) is 13.6. The van der Waals surface area contributed by atoms with Crippen molar-refractivity contribution in [2.45, 2.75) is 70.3 Å². The van der Waals surface area contributed by atoms with Crippen molar-refractivity contribution in [1.29, 1.82) is 0 Å². The second-order valence-corrected chi connectivity index (χ2v) is 10.5. The van der Waals surface area contributed by atoms with Crippen molar-refractivity contribution in [3.8, 4) is 0 Å². The fourth-order valence-corrected chi connectivity index (χ4v) is 6.20. The molecule has 5 heteroatoms. The molecule has 2 aromatic rings. The van der Waals surface area contributed by atoms with Crippen LogP contribution in [0.2, 0.25) is 0 Å². The fourth-order valence-electron chi connectivity index (χ4n) is 4.41. The standard InChI is InChI=1S/C26H33BrO3S/c1-3-4-5-9-23(28)18-10-12-20(13-11-18)25-19(14-16-22(25)27)7-6-8-21-15-17-24(31-21)26(29)30-2/h10-13,15-17,19,23,25,28H,3-9,14H2,1-2H3/t19-,23?,25-/m0/s1. The maximum Gasteiger partial charge on any atom is 0.348 e. The Bertz CT molecular complexity index is 871. The predicted molar refractivity (Wildman–Crippen MR) is 132 cm³/mol. The van der Waals surface area contributed by atoms with Gasteiger partial charge in [-0.15, -0.1) is 11.3 Å². The van der Waals surface area contributed by atoms with E-state index in [1.807, 2.05) is 12.1 Å². The molecule has 1 heterocycles. The fraction of sp³-hybridized carbons (Fsp3) is 0.500. The molecule has 0 spiro atoms. The van der Waals surface area contributed by atoms with Crippen molar-refractivity contribution in [2.75, 3.05) is 7.11 Å². The monoisotopic (exact) mass is 504 g/mol. The number of hydrogen-bond donors (Lipinski definition) is 1. The average molecular weight is 506 g/mol. The van der Waals surface area contributed by atoms with Gasteiger partial charge in [0.1, 0.15) is 4.88 Å². The summed E-state index contributed by atoms with van der Waals surface area (Å²) in [5.41, 5.74) is 2.34. The molecule has 0 aliphatic heterocycles. The zero-order chi connectivity index (χ0) is 22.2. The molecule has 31 heavy (non-hydrogen) atoms. The Morgan fingerprint density at radius 3 is 2.68 bits per heavy atom. The zero-order valence-corrected chi connectivity index (χ0v) is 20.9. The van der Waals surface area contributed by atoms with Gasteiger partial charge in [0.05, 0.1) is 13.2 Å². The molecule has 0 radical (unpaired) electrons. The highest BCUT2D eigenvalue weighted by Gasteiger charge is 2.29.